The maximum Gasteiger partial charge on any atom is 0.303 e. The van der Waals surface area contributed by atoms with Crippen molar-refractivity contribution in [3.8, 4) is 0 Å². The monoisotopic (exact) mass is 361 g/mol. The predicted molar refractivity (Wildman–Crippen MR) is 81.0 cm³/mol. The number of nitrogens with one attached hydrogen (secondary N) is 1. The fraction of sp³-hybridized carbons (Fsp3) is 0.733. The van der Waals surface area contributed by atoms with Gasteiger partial charge in [-0.2, -0.15) is 0 Å². The maximum atomic E-state index is 11.6. The smallest absolute Gasteiger partial charge is 0.303 e. The summed E-state index contributed by atoms with van der Waals surface area (Å²) < 4.78 is 26.1. The Balaban J connectivity index is 3.18. The van der Waals surface area contributed by atoms with Crippen LogP contribution in [0.15, 0.2) is 0 Å². The molecule has 10 heteroatoms. The number of esters is 3. The highest BCUT2D eigenvalue weighted by molar-refractivity contribution is 5.74. The maximum absolute atomic E-state index is 11.6. The topological polar surface area (TPSA) is 126 Å². The number of ether oxygens (including phenoxy) is 5. The first-order chi connectivity index (χ1) is 11.6. The Morgan fingerprint density at radius 2 is 1.48 bits per heavy atom. The Morgan fingerprint density at radius 3 is 1.92 bits per heavy atom. The molecule has 142 valence electrons. The van der Waals surface area contributed by atoms with Crippen LogP contribution in [0.4, 0.5) is 0 Å². The molecular formula is C15H23NO9. The number of hydrogen-bond donors (Lipinski definition) is 1. The van der Waals surface area contributed by atoms with Crippen LogP contribution in [0.25, 0.3) is 0 Å². The molecule has 1 heterocycles. The van der Waals surface area contributed by atoms with Gasteiger partial charge in [0.15, 0.2) is 18.5 Å². The Kier molecular flexibility index (Phi) is 7.78. The first-order valence-corrected chi connectivity index (χ1v) is 7.58. The summed E-state index contributed by atoms with van der Waals surface area (Å²) in [6, 6.07) is -0.954. The van der Waals surface area contributed by atoms with Gasteiger partial charge in [0.25, 0.3) is 0 Å². The van der Waals surface area contributed by atoms with Crippen molar-refractivity contribution in [1.29, 1.82) is 0 Å². The van der Waals surface area contributed by atoms with Crippen molar-refractivity contribution in [2.24, 2.45) is 0 Å². The van der Waals surface area contributed by atoms with Crippen LogP contribution in [0.1, 0.15) is 27.7 Å². The van der Waals surface area contributed by atoms with Crippen molar-refractivity contribution in [2.45, 2.75) is 58.3 Å². The van der Waals surface area contributed by atoms with Crippen molar-refractivity contribution in [3.05, 3.63) is 0 Å². The molecule has 1 rings (SSSR count). The van der Waals surface area contributed by atoms with Gasteiger partial charge < -0.3 is 29.0 Å². The van der Waals surface area contributed by atoms with Crippen molar-refractivity contribution in [3.63, 3.8) is 0 Å². The number of carbonyl (C=O) groups excluding carboxylic acids is 4. The van der Waals surface area contributed by atoms with E-state index in [0.29, 0.717) is 0 Å². The molecule has 1 saturated heterocycles. The summed E-state index contributed by atoms with van der Waals surface area (Å²) >= 11 is 0. The third kappa shape index (κ3) is 6.31. The second-order valence-electron chi connectivity index (χ2n) is 5.46. The molecule has 0 aromatic carbocycles. The quantitative estimate of drug-likeness (QED) is 0.482. The van der Waals surface area contributed by atoms with Gasteiger partial charge in [0, 0.05) is 34.8 Å². The Morgan fingerprint density at radius 1 is 0.920 bits per heavy atom. The average molecular weight is 361 g/mol. The van der Waals surface area contributed by atoms with E-state index in [9.17, 15) is 19.2 Å². The fourth-order valence-corrected chi connectivity index (χ4v) is 2.50. The molecule has 0 radical (unpaired) electrons. The van der Waals surface area contributed by atoms with Crippen LogP contribution in [0.3, 0.4) is 0 Å². The van der Waals surface area contributed by atoms with E-state index in [1.807, 2.05) is 0 Å². The zero-order chi connectivity index (χ0) is 19.1. The van der Waals surface area contributed by atoms with Crippen molar-refractivity contribution in [2.75, 3.05) is 13.7 Å². The van der Waals surface area contributed by atoms with E-state index in [0.717, 1.165) is 0 Å². The van der Waals surface area contributed by atoms with Gasteiger partial charge in [0.2, 0.25) is 5.91 Å². The molecule has 0 unspecified atom stereocenters. The highest BCUT2D eigenvalue weighted by atomic mass is 16.7. The second-order valence-corrected chi connectivity index (χ2v) is 5.46. The molecule has 5 atom stereocenters. The molecule has 10 nitrogen and oxygen atoms in total. The average Bonchev–Trinajstić information content (AvgIpc) is 2.48. The molecular weight excluding hydrogens is 338 g/mol. The van der Waals surface area contributed by atoms with Crippen molar-refractivity contribution >= 4 is 23.8 Å². The van der Waals surface area contributed by atoms with Gasteiger partial charge >= 0.3 is 17.9 Å². The van der Waals surface area contributed by atoms with E-state index in [2.05, 4.69) is 5.32 Å². The summed E-state index contributed by atoms with van der Waals surface area (Å²) in [5, 5.41) is 2.58. The number of carbonyl (C=O) groups is 4. The molecule has 0 bridgehead atoms. The van der Waals surface area contributed by atoms with Gasteiger partial charge in [-0.1, -0.05) is 0 Å². The van der Waals surface area contributed by atoms with E-state index < -0.39 is 54.5 Å². The van der Waals surface area contributed by atoms with Gasteiger partial charge in [-0.25, -0.2) is 0 Å². The van der Waals surface area contributed by atoms with E-state index in [4.69, 9.17) is 23.7 Å². The zero-order valence-electron chi connectivity index (χ0n) is 14.8. The Bertz CT molecular complexity index is 521. The molecule has 0 saturated carbocycles. The number of rotatable bonds is 6. The highest BCUT2D eigenvalue weighted by Crippen LogP contribution is 2.27. The van der Waals surface area contributed by atoms with Crippen LogP contribution >= 0.6 is 0 Å². The van der Waals surface area contributed by atoms with Crippen LogP contribution in [0.2, 0.25) is 0 Å². The van der Waals surface area contributed by atoms with Gasteiger partial charge in [0.05, 0.1) is 0 Å². The lowest BCUT2D eigenvalue weighted by molar-refractivity contribution is -0.279. The van der Waals surface area contributed by atoms with Crippen molar-refractivity contribution in [1.82, 2.24) is 5.32 Å². The lowest BCUT2D eigenvalue weighted by Gasteiger charge is -2.44. The lowest BCUT2D eigenvalue weighted by Crippen LogP contribution is -2.66. The first kappa shape index (κ1) is 20.8. The second kappa shape index (κ2) is 9.33. The van der Waals surface area contributed by atoms with Crippen LogP contribution in [-0.2, 0) is 42.9 Å². The third-order valence-electron chi connectivity index (χ3n) is 3.31. The molecule has 0 aliphatic carbocycles. The molecule has 0 spiro atoms. The molecule has 1 N–H and O–H groups in total. The third-order valence-corrected chi connectivity index (χ3v) is 3.31. The minimum Gasteiger partial charge on any atom is -0.463 e. The molecule has 1 amide bonds. The van der Waals surface area contributed by atoms with Crippen LogP contribution in [0, 0.1) is 0 Å². The molecule has 0 aromatic heterocycles. The lowest BCUT2D eigenvalue weighted by atomic mass is 9.95. The predicted octanol–water partition coefficient (Wildman–Crippen LogP) is -0.711. The summed E-state index contributed by atoms with van der Waals surface area (Å²) in [7, 11) is 1.32. The van der Waals surface area contributed by atoms with E-state index in [-0.39, 0.29) is 6.61 Å². The van der Waals surface area contributed by atoms with Gasteiger partial charge in [0.1, 0.15) is 18.8 Å². The molecule has 1 aliphatic heterocycles. The van der Waals surface area contributed by atoms with E-state index >= 15 is 0 Å². The van der Waals surface area contributed by atoms with Crippen LogP contribution in [-0.4, -0.2) is 68.2 Å². The summed E-state index contributed by atoms with van der Waals surface area (Å²) in [5.41, 5.74) is 0. The van der Waals surface area contributed by atoms with E-state index in [1.165, 1.54) is 34.8 Å². The number of methoxy groups -OCH3 is 1. The highest BCUT2D eigenvalue weighted by Gasteiger charge is 2.50. The molecule has 25 heavy (non-hydrogen) atoms. The normalized spacial score (nSPS) is 28.6. The summed E-state index contributed by atoms with van der Waals surface area (Å²) in [6.45, 7) is 4.59. The summed E-state index contributed by atoms with van der Waals surface area (Å²) in [6.07, 6.45) is -4.12. The van der Waals surface area contributed by atoms with Crippen LogP contribution < -0.4 is 5.32 Å². The zero-order valence-corrected chi connectivity index (χ0v) is 14.8. The Hall–Kier alpha value is -2.20. The summed E-state index contributed by atoms with van der Waals surface area (Å²) in [4.78, 5) is 45.5. The van der Waals surface area contributed by atoms with Gasteiger partial charge in [-0.15, -0.1) is 0 Å². The first-order valence-electron chi connectivity index (χ1n) is 7.58. The largest absolute Gasteiger partial charge is 0.463 e. The number of amides is 1. The molecule has 0 aromatic rings. The van der Waals surface area contributed by atoms with E-state index in [1.54, 1.807) is 0 Å². The minimum absolute atomic E-state index is 0.240. The molecule has 1 aliphatic rings. The standard InChI is InChI=1S/C15H23NO9/c1-7(17)16-12-13(23-9(3)19)11(6-22-8(2)18)25-15(21-5)14(12)24-10(4)20/h11-15H,6H2,1-5H3,(H,16,17)/t11-,12+,13-,14+,15+/m1/s1. The van der Waals surface area contributed by atoms with Crippen LogP contribution in [0.5, 0.6) is 0 Å². The fourth-order valence-electron chi connectivity index (χ4n) is 2.50. The SMILES string of the molecule is CO[C@H]1O[C@H](COC(C)=O)[C@@H](OC(C)=O)[C@H](NC(C)=O)[C@@H]1OC(C)=O. The molecule has 1 fully saturated rings. The van der Waals surface area contributed by atoms with Crippen molar-refractivity contribution < 1.29 is 42.9 Å². The number of hydrogen-bond acceptors (Lipinski definition) is 9. The summed E-state index contributed by atoms with van der Waals surface area (Å²) in [5.74, 6) is -2.28. The minimum atomic E-state index is -1.07. The van der Waals surface area contributed by atoms with Gasteiger partial charge in [-0.3, -0.25) is 19.2 Å². The Labute approximate surface area is 145 Å². The van der Waals surface area contributed by atoms with Gasteiger partial charge in [-0.05, 0) is 0 Å².